The molecule has 0 saturated heterocycles. The largest absolute Gasteiger partial charge is 0.321 e. The number of benzene rings is 2. The van der Waals surface area contributed by atoms with Crippen LogP contribution in [0.25, 0.3) is 0 Å². The molecule has 0 aliphatic rings. The predicted molar refractivity (Wildman–Crippen MR) is 77.3 cm³/mol. The van der Waals surface area contributed by atoms with Crippen molar-refractivity contribution in [3.05, 3.63) is 59.4 Å². The number of anilines is 1. The number of thioether (sulfide) groups is 1. The molecule has 0 aliphatic heterocycles. The quantitative estimate of drug-likeness (QED) is 0.876. The second-order valence-corrected chi connectivity index (χ2v) is 4.78. The smallest absolute Gasteiger partial charge is 0.256 e. The van der Waals surface area contributed by atoms with Crippen molar-refractivity contribution in [1.82, 2.24) is 0 Å². The number of hydrogen-bond donors (Lipinski definition) is 1. The highest BCUT2D eigenvalue weighted by Crippen LogP contribution is 2.23. The molecule has 0 fully saturated rings. The number of carbonyl (C=O) groups excluding carboxylic acids is 1. The van der Waals surface area contributed by atoms with Gasteiger partial charge < -0.3 is 5.32 Å². The molecule has 2 aromatic rings. The highest BCUT2D eigenvalue weighted by atomic mass is 32.2. The molecule has 0 spiro atoms. The Kier molecular flexibility index (Phi) is 4.38. The first-order valence-electron chi connectivity index (χ1n) is 5.80. The molecule has 0 unspecified atom stereocenters. The van der Waals surface area contributed by atoms with Gasteiger partial charge in [-0.15, -0.1) is 11.8 Å². The van der Waals surface area contributed by atoms with Crippen LogP contribution >= 0.6 is 11.8 Å². The minimum Gasteiger partial charge on any atom is -0.321 e. The molecule has 0 aliphatic carbocycles. The number of amides is 1. The van der Waals surface area contributed by atoms with Crippen LogP contribution in [-0.2, 0) is 0 Å². The summed E-state index contributed by atoms with van der Waals surface area (Å²) in [6.07, 6.45) is 1.87. The van der Waals surface area contributed by atoms with E-state index in [0.29, 0.717) is 5.56 Å². The summed E-state index contributed by atoms with van der Waals surface area (Å²) in [7, 11) is 0. The lowest BCUT2D eigenvalue weighted by Crippen LogP contribution is -2.14. The molecule has 0 aromatic heterocycles. The number of hydrogen-bond acceptors (Lipinski definition) is 3. The maximum atomic E-state index is 13.5. The zero-order valence-corrected chi connectivity index (χ0v) is 11.5. The van der Waals surface area contributed by atoms with Gasteiger partial charge in [-0.3, -0.25) is 4.79 Å². The molecule has 100 valence electrons. The molecule has 2 aromatic carbocycles. The van der Waals surface area contributed by atoms with Gasteiger partial charge in [0.05, 0.1) is 11.3 Å². The zero-order chi connectivity index (χ0) is 14.5. The Balaban J connectivity index is 2.34. The van der Waals surface area contributed by atoms with Gasteiger partial charge >= 0.3 is 0 Å². The standard InChI is InChI=1S/C15H11FN2OS/c1-20-14-8-3-2-5-10(14)15(19)18-13-7-4-6-12(16)11(13)9-17/h2-8H,1H3,(H,18,19). The van der Waals surface area contributed by atoms with E-state index in [1.54, 1.807) is 18.2 Å². The SMILES string of the molecule is CSc1ccccc1C(=O)Nc1cccc(F)c1C#N. The zero-order valence-electron chi connectivity index (χ0n) is 10.7. The highest BCUT2D eigenvalue weighted by Gasteiger charge is 2.14. The van der Waals surface area contributed by atoms with Crippen LogP contribution in [0.1, 0.15) is 15.9 Å². The number of rotatable bonds is 3. The third-order valence-corrected chi connectivity index (χ3v) is 3.52. The van der Waals surface area contributed by atoms with Crippen LogP contribution in [0.2, 0.25) is 0 Å². The van der Waals surface area contributed by atoms with Crippen molar-refractivity contribution in [2.45, 2.75) is 4.90 Å². The maximum absolute atomic E-state index is 13.5. The summed E-state index contributed by atoms with van der Waals surface area (Å²) >= 11 is 1.45. The second kappa shape index (κ2) is 6.22. The molecule has 0 saturated carbocycles. The van der Waals surface area contributed by atoms with Crippen LogP contribution in [0.3, 0.4) is 0 Å². The van der Waals surface area contributed by atoms with Crippen molar-refractivity contribution in [3.8, 4) is 6.07 Å². The summed E-state index contributed by atoms with van der Waals surface area (Å²) in [6, 6.07) is 13.0. The van der Waals surface area contributed by atoms with Gasteiger partial charge in [0.15, 0.2) is 0 Å². The van der Waals surface area contributed by atoms with Crippen LogP contribution in [0, 0.1) is 17.1 Å². The molecule has 5 heteroatoms. The van der Waals surface area contributed by atoms with Gasteiger partial charge in [0.1, 0.15) is 17.4 Å². The van der Waals surface area contributed by atoms with E-state index < -0.39 is 5.82 Å². The molecule has 20 heavy (non-hydrogen) atoms. The van der Waals surface area contributed by atoms with Gasteiger partial charge in [0, 0.05) is 4.90 Å². The molecule has 0 bridgehead atoms. The van der Waals surface area contributed by atoms with E-state index in [1.165, 1.54) is 30.0 Å². The summed E-state index contributed by atoms with van der Waals surface area (Å²) in [4.78, 5) is 13.0. The van der Waals surface area contributed by atoms with Crippen LogP contribution in [0.15, 0.2) is 47.4 Å². The monoisotopic (exact) mass is 286 g/mol. The Hall–Kier alpha value is -2.32. The van der Waals surface area contributed by atoms with Gasteiger partial charge in [0.25, 0.3) is 5.91 Å². The van der Waals surface area contributed by atoms with E-state index >= 15 is 0 Å². The van der Waals surface area contributed by atoms with Crippen molar-refractivity contribution in [2.75, 3.05) is 11.6 Å². The fourth-order valence-corrected chi connectivity index (χ4v) is 2.36. The van der Waals surface area contributed by atoms with E-state index in [4.69, 9.17) is 5.26 Å². The molecule has 0 atom stereocenters. The van der Waals surface area contributed by atoms with Crippen LogP contribution in [0.4, 0.5) is 10.1 Å². The fourth-order valence-electron chi connectivity index (χ4n) is 1.76. The summed E-state index contributed by atoms with van der Waals surface area (Å²) in [6.45, 7) is 0. The minimum atomic E-state index is -0.650. The fraction of sp³-hybridized carbons (Fsp3) is 0.0667. The maximum Gasteiger partial charge on any atom is 0.256 e. The molecule has 1 amide bonds. The number of carbonyl (C=O) groups is 1. The molecule has 2 rings (SSSR count). The van der Waals surface area contributed by atoms with Gasteiger partial charge in [-0.1, -0.05) is 18.2 Å². The minimum absolute atomic E-state index is 0.164. The summed E-state index contributed by atoms with van der Waals surface area (Å²) in [5.41, 5.74) is 0.504. The van der Waals surface area contributed by atoms with E-state index in [2.05, 4.69) is 5.32 Å². The van der Waals surface area contributed by atoms with Crippen molar-refractivity contribution >= 4 is 23.4 Å². The lowest BCUT2D eigenvalue weighted by molar-refractivity contribution is 0.102. The first-order chi connectivity index (χ1) is 9.67. The number of nitrogens with zero attached hydrogens (tertiary/aromatic N) is 1. The normalized spacial score (nSPS) is 9.85. The number of nitrogens with one attached hydrogen (secondary N) is 1. The van der Waals surface area contributed by atoms with E-state index in [1.807, 2.05) is 18.4 Å². The molecule has 0 radical (unpaired) electrons. The highest BCUT2D eigenvalue weighted by molar-refractivity contribution is 7.98. The van der Waals surface area contributed by atoms with Crippen molar-refractivity contribution < 1.29 is 9.18 Å². The average Bonchev–Trinajstić information content (AvgIpc) is 2.47. The van der Waals surface area contributed by atoms with Crippen molar-refractivity contribution in [1.29, 1.82) is 5.26 Å². The Labute approximate surface area is 120 Å². The summed E-state index contributed by atoms with van der Waals surface area (Å²) in [5.74, 6) is -1.01. The third-order valence-electron chi connectivity index (χ3n) is 2.73. The molecule has 3 nitrogen and oxygen atoms in total. The lowest BCUT2D eigenvalue weighted by atomic mass is 10.1. The van der Waals surface area contributed by atoms with Crippen molar-refractivity contribution in [2.24, 2.45) is 0 Å². The van der Waals surface area contributed by atoms with Gasteiger partial charge in [0.2, 0.25) is 0 Å². The summed E-state index contributed by atoms with van der Waals surface area (Å²) in [5, 5.41) is 11.5. The van der Waals surface area contributed by atoms with Gasteiger partial charge in [-0.05, 0) is 30.5 Å². The Morgan fingerprint density at radius 1 is 1.25 bits per heavy atom. The average molecular weight is 286 g/mol. The predicted octanol–water partition coefficient (Wildman–Crippen LogP) is 3.67. The second-order valence-electron chi connectivity index (χ2n) is 3.93. The van der Waals surface area contributed by atoms with E-state index in [-0.39, 0.29) is 17.2 Å². The van der Waals surface area contributed by atoms with Gasteiger partial charge in [-0.2, -0.15) is 5.26 Å². The Morgan fingerprint density at radius 3 is 2.70 bits per heavy atom. The third kappa shape index (κ3) is 2.81. The Morgan fingerprint density at radius 2 is 2.00 bits per heavy atom. The Bertz CT molecular complexity index is 695. The lowest BCUT2D eigenvalue weighted by Gasteiger charge is -2.09. The topological polar surface area (TPSA) is 52.9 Å². The summed E-state index contributed by atoms with van der Waals surface area (Å²) < 4.78 is 13.5. The van der Waals surface area contributed by atoms with Crippen LogP contribution in [0.5, 0.6) is 0 Å². The number of nitriles is 1. The van der Waals surface area contributed by atoms with Crippen LogP contribution in [-0.4, -0.2) is 12.2 Å². The molecular formula is C15H11FN2OS. The number of halogens is 1. The van der Waals surface area contributed by atoms with E-state index in [9.17, 15) is 9.18 Å². The first kappa shape index (κ1) is 14.1. The first-order valence-corrected chi connectivity index (χ1v) is 7.03. The molecular weight excluding hydrogens is 275 g/mol. The van der Waals surface area contributed by atoms with Crippen LogP contribution < -0.4 is 5.32 Å². The van der Waals surface area contributed by atoms with E-state index in [0.717, 1.165) is 4.90 Å². The molecule has 1 N–H and O–H groups in total. The van der Waals surface area contributed by atoms with Crippen molar-refractivity contribution in [3.63, 3.8) is 0 Å². The molecule has 0 heterocycles. The van der Waals surface area contributed by atoms with Gasteiger partial charge in [-0.25, -0.2) is 4.39 Å².